The van der Waals surface area contributed by atoms with Crippen LogP contribution in [-0.4, -0.2) is 53.8 Å². The summed E-state index contributed by atoms with van der Waals surface area (Å²) in [6, 6.07) is 7.29. The van der Waals surface area contributed by atoms with Gasteiger partial charge in [0.05, 0.1) is 23.5 Å². The lowest BCUT2D eigenvalue weighted by molar-refractivity contribution is 0.0540. The van der Waals surface area contributed by atoms with Crippen molar-refractivity contribution >= 4 is 17.9 Å². The summed E-state index contributed by atoms with van der Waals surface area (Å²) in [5.41, 5.74) is 7.26. The van der Waals surface area contributed by atoms with Crippen molar-refractivity contribution < 1.29 is 28.2 Å². The van der Waals surface area contributed by atoms with E-state index in [1.807, 2.05) is 6.20 Å². The second-order valence-electron chi connectivity index (χ2n) is 11.1. The van der Waals surface area contributed by atoms with Crippen LogP contribution >= 0.6 is 0 Å². The maximum atomic E-state index is 14.1. The minimum atomic E-state index is -0.765. The maximum absolute atomic E-state index is 14.1. The van der Waals surface area contributed by atoms with Gasteiger partial charge in [-0.2, -0.15) is 0 Å². The molecular formula is C30H35F2N7O4. The van der Waals surface area contributed by atoms with Gasteiger partial charge in [0.25, 0.3) is 5.91 Å². The van der Waals surface area contributed by atoms with E-state index in [1.54, 1.807) is 31.6 Å². The van der Waals surface area contributed by atoms with Gasteiger partial charge in [-0.25, -0.2) is 23.1 Å². The van der Waals surface area contributed by atoms with Gasteiger partial charge in [-0.1, -0.05) is 17.7 Å². The highest BCUT2D eigenvalue weighted by Gasteiger charge is 2.20. The molecule has 2 heterocycles. The van der Waals surface area contributed by atoms with Gasteiger partial charge in [-0.05, 0) is 76.3 Å². The number of amides is 1. The van der Waals surface area contributed by atoms with Crippen LogP contribution in [0.1, 0.15) is 61.8 Å². The Kier molecular flexibility index (Phi) is 9.73. The first-order valence-electron chi connectivity index (χ1n) is 13.9. The number of anilines is 1. The Balaban J connectivity index is 1.17. The van der Waals surface area contributed by atoms with Crippen LogP contribution in [0.25, 0.3) is 11.1 Å². The molecule has 0 spiro atoms. The van der Waals surface area contributed by atoms with Gasteiger partial charge in [-0.3, -0.25) is 9.48 Å². The fourth-order valence-corrected chi connectivity index (χ4v) is 4.37. The minimum Gasteiger partial charge on any atom is -0.507 e. The third-order valence-corrected chi connectivity index (χ3v) is 6.44. The molecule has 0 atom stereocenters. The number of hydrogen-bond acceptors (Lipinski definition) is 8. The second-order valence-corrected chi connectivity index (χ2v) is 11.1. The Morgan fingerprint density at radius 3 is 2.47 bits per heavy atom. The Morgan fingerprint density at radius 1 is 1.02 bits per heavy atom. The lowest BCUT2D eigenvalue weighted by Crippen LogP contribution is -2.27. The van der Waals surface area contributed by atoms with E-state index in [2.05, 4.69) is 20.6 Å². The Morgan fingerprint density at radius 2 is 1.77 bits per heavy atom. The summed E-state index contributed by atoms with van der Waals surface area (Å²) in [4.78, 5) is 29.0. The molecule has 43 heavy (non-hydrogen) atoms. The standard InChI is InChI=1S/C30H35F2N7O4/c1-30(2,3)43-29(42)39-18-21(35-28(39)33)7-5-4-6-8-22-17-38(37-36-22)14-13-34-27(41)24-11-9-19(15-26(24)40)23-12-10-20(31)16-25(23)32/h9-12,15-18,40H,4-8,13-14H2,1-3H3,(H2,33,35)(H,34,41). The number of rotatable bonds is 11. The number of nitrogens with one attached hydrogen (secondary N) is 1. The zero-order valence-corrected chi connectivity index (χ0v) is 24.3. The molecule has 0 bridgehead atoms. The van der Waals surface area contributed by atoms with Crippen LogP contribution in [0.5, 0.6) is 5.75 Å². The Hall–Kier alpha value is -4.81. The van der Waals surface area contributed by atoms with E-state index in [0.717, 1.165) is 49.2 Å². The lowest BCUT2D eigenvalue weighted by Gasteiger charge is -2.19. The number of halogens is 2. The average Bonchev–Trinajstić information content (AvgIpc) is 3.53. The quantitative estimate of drug-likeness (QED) is 0.208. The van der Waals surface area contributed by atoms with Gasteiger partial charge in [0.15, 0.2) is 0 Å². The minimum absolute atomic E-state index is 0.0323. The van der Waals surface area contributed by atoms with Crippen LogP contribution in [0.15, 0.2) is 48.8 Å². The first-order chi connectivity index (χ1) is 20.4. The van der Waals surface area contributed by atoms with E-state index in [-0.39, 0.29) is 29.4 Å². The van der Waals surface area contributed by atoms with Crippen molar-refractivity contribution in [3.05, 3.63) is 77.4 Å². The van der Waals surface area contributed by atoms with Crippen molar-refractivity contribution in [3.8, 4) is 16.9 Å². The number of aryl methyl sites for hydroxylation is 2. The van der Waals surface area contributed by atoms with Crippen molar-refractivity contribution in [3.63, 3.8) is 0 Å². The first kappa shape index (κ1) is 31.1. The summed E-state index contributed by atoms with van der Waals surface area (Å²) in [7, 11) is 0. The number of ether oxygens (including phenoxy) is 1. The average molecular weight is 596 g/mol. The molecule has 2 aromatic carbocycles. The van der Waals surface area contributed by atoms with Gasteiger partial charge in [0.1, 0.15) is 23.0 Å². The number of benzene rings is 2. The molecule has 0 radical (unpaired) electrons. The fraction of sp³-hybridized carbons (Fsp3) is 0.367. The molecule has 2 aromatic heterocycles. The molecule has 0 saturated carbocycles. The predicted octanol–water partition coefficient (Wildman–Crippen LogP) is 4.88. The summed E-state index contributed by atoms with van der Waals surface area (Å²) >= 11 is 0. The molecule has 228 valence electrons. The van der Waals surface area contributed by atoms with E-state index in [0.29, 0.717) is 18.5 Å². The van der Waals surface area contributed by atoms with E-state index in [1.165, 1.54) is 28.8 Å². The van der Waals surface area contributed by atoms with E-state index in [9.17, 15) is 23.5 Å². The van der Waals surface area contributed by atoms with Crippen LogP contribution in [0.2, 0.25) is 0 Å². The second kappa shape index (κ2) is 13.4. The molecule has 0 fully saturated rings. The topological polar surface area (TPSA) is 150 Å². The first-order valence-corrected chi connectivity index (χ1v) is 13.9. The SMILES string of the molecule is CC(C)(C)OC(=O)n1cc(CCCCCc2cn(CCNC(=O)c3ccc(-c4ccc(F)cc4F)cc3O)nn2)nc1N. The van der Waals surface area contributed by atoms with Gasteiger partial charge in [0.2, 0.25) is 5.95 Å². The largest absolute Gasteiger partial charge is 0.507 e. The van der Waals surface area contributed by atoms with Crippen LogP contribution in [0.3, 0.4) is 0 Å². The van der Waals surface area contributed by atoms with Crippen molar-refractivity contribution in [2.75, 3.05) is 12.3 Å². The molecule has 0 unspecified atom stereocenters. The zero-order valence-electron chi connectivity index (χ0n) is 24.3. The normalized spacial score (nSPS) is 11.5. The van der Waals surface area contributed by atoms with E-state index < -0.39 is 29.2 Å². The van der Waals surface area contributed by atoms with Crippen LogP contribution < -0.4 is 11.1 Å². The number of nitrogen functional groups attached to an aromatic ring is 1. The van der Waals surface area contributed by atoms with E-state index >= 15 is 0 Å². The number of phenolic OH excluding ortho intramolecular Hbond substituents is 1. The number of hydrogen-bond donors (Lipinski definition) is 3. The summed E-state index contributed by atoms with van der Waals surface area (Å²) in [5.74, 6) is -2.18. The van der Waals surface area contributed by atoms with E-state index in [4.69, 9.17) is 10.5 Å². The van der Waals surface area contributed by atoms with Crippen LogP contribution in [0, 0.1) is 11.6 Å². The van der Waals surface area contributed by atoms with Gasteiger partial charge in [-0.15, -0.1) is 5.10 Å². The number of aromatic nitrogens is 5. The Bertz CT molecular complexity index is 1590. The number of unbranched alkanes of at least 4 members (excludes halogenated alkanes) is 2. The van der Waals surface area contributed by atoms with Gasteiger partial charge < -0.3 is 20.9 Å². The maximum Gasteiger partial charge on any atom is 0.421 e. The van der Waals surface area contributed by atoms with Gasteiger partial charge in [0, 0.05) is 30.6 Å². The molecule has 1 amide bonds. The zero-order chi connectivity index (χ0) is 31.1. The number of carbonyl (C=O) groups excluding carboxylic acids is 2. The molecular weight excluding hydrogens is 560 g/mol. The smallest absolute Gasteiger partial charge is 0.421 e. The molecule has 4 N–H and O–H groups in total. The molecule has 11 nitrogen and oxygen atoms in total. The molecule has 4 aromatic rings. The molecule has 0 aliphatic heterocycles. The monoisotopic (exact) mass is 595 g/mol. The summed E-state index contributed by atoms with van der Waals surface area (Å²) in [6.45, 7) is 5.97. The molecule has 0 saturated heterocycles. The molecule has 4 rings (SSSR count). The van der Waals surface area contributed by atoms with Crippen LogP contribution in [0.4, 0.5) is 19.5 Å². The lowest BCUT2D eigenvalue weighted by atomic mass is 10.0. The number of phenols is 1. The molecule has 0 aliphatic rings. The fourth-order valence-electron chi connectivity index (χ4n) is 4.37. The van der Waals surface area contributed by atoms with Gasteiger partial charge >= 0.3 is 6.09 Å². The van der Waals surface area contributed by atoms with Crippen molar-refractivity contribution in [1.82, 2.24) is 29.9 Å². The highest BCUT2D eigenvalue weighted by molar-refractivity contribution is 5.97. The number of aromatic hydroxyl groups is 1. The predicted molar refractivity (Wildman–Crippen MR) is 155 cm³/mol. The highest BCUT2D eigenvalue weighted by atomic mass is 19.1. The Labute approximate surface area is 247 Å². The number of nitrogens with two attached hydrogens (primary N) is 1. The third kappa shape index (κ3) is 8.60. The van der Waals surface area contributed by atoms with Crippen molar-refractivity contribution in [2.24, 2.45) is 0 Å². The van der Waals surface area contributed by atoms with Crippen molar-refractivity contribution in [2.45, 2.75) is 65.0 Å². The summed E-state index contributed by atoms with van der Waals surface area (Å²) in [5, 5.41) is 21.3. The van der Waals surface area contributed by atoms with Crippen LogP contribution in [-0.2, 0) is 24.1 Å². The number of nitrogens with zero attached hydrogens (tertiary/aromatic N) is 5. The summed E-state index contributed by atoms with van der Waals surface area (Å²) < 4.78 is 35.4. The molecule has 13 heteroatoms. The third-order valence-electron chi connectivity index (χ3n) is 6.44. The summed E-state index contributed by atoms with van der Waals surface area (Å²) in [6.07, 6.45) is 6.94. The molecule has 0 aliphatic carbocycles. The highest BCUT2D eigenvalue weighted by Crippen LogP contribution is 2.29. The number of carbonyl (C=O) groups is 2. The number of imidazole rings is 1. The van der Waals surface area contributed by atoms with Crippen molar-refractivity contribution in [1.29, 1.82) is 0 Å².